The molecule has 0 bridgehead atoms. The minimum absolute atomic E-state index is 0.0653. The van der Waals surface area contributed by atoms with Gasteiger partial charge in [-0.05, 0) is 18.2 Å². The highest BCUT2D eigenvalue weighted by atomic mass is 19.1. The molecule has 0 aliphatic rings. The molecule has 128 valence electrons. The molecular weight excluding hydrogens is 335 g/mol. The largest absolute Gasteiger partial charge is 0.290 e. The number of rotatable bonds is 3. The quantitative estimate of drug-likeness (QED) is 0.615. The molecule has 0 aliphatic heterocycles. The monoisotopic (exact) mass is 348 g/mol. The summed E-state index contributed by atoms with van der Waals surface area (Å²) in [7, 11) is 1.79. The van der Waals surface area contributed by atoms with Gasteiger partial charge in [0.15, 0.2) is 0 Å². The summed E-state index contributed by atoms with van der Waals surface area (Å²) in [5, 5.41) is 11.3. The molecule has 2 aromatic heterocycles. The SMILES string of the molecule is Cn1cc(-c2ccc3cnc(NC(=O)c4ccccc4F)nc3c2)nn1. The highest BCUT2D eigenvalue weighted by Gasteiger charge is 2.13. The van der Waals surface area contributed by atoms with Crippen LogP contribution < -0.4 is 5.32 Å². The van der Waals surface area contributed by atoms with Gasteiger partial charge in [-0.25, -0.2) is 14.4 Å². The van der Waals surface area contributed by atoms with E-state index in [4.69, 9.17) is 0 Å². The number of halogens is 1. The minimum Gasteiger partial charge on any atom is -0.290 e. The predicted molar refractivity (Wildman–Crippen MR) is 93.9 cm³/mol. The van der Waals surface area contributed by atoms with E-state index in [1.807, 2.05) is 18.2 Å². The number of aryl methyl sites for hydroxylation is 1. The maximum absolute atomic E-state index is 13.7. The highest BCUT2D eigenvalue weighted by Crippen LogP contribution is 2.22. The van der Waals surface area contributed by atoms with Crippen molar-refractivity contribution in [3.05, 3.63) is 66.2 Å². The number of hydrogen-bond acceptors (Lipinski definition) is 5. The van der Waals surface area contributed by atoms with E-state index in [2.05, 4.69) is 25.6 Å². The Bertz CT molecular complexity index is 1120. The highest BCUT2D eigenvalue weighted by molar-refractivity contribution is 6.03. The maximum Gasteiger partial charge on any atom is 0.260 e. The lowest BCUT2D eigenvalue weighted by atomic mass is 10.1. The Labute approximate surface area is 147 Å². The number of benzene rings is 2. The molecule has 7 nitrogen and oxygen atoms in total. The number of carbonyl (C=O) groups is 1. The van der Waals surface area contributed by atoms with Gasteiger partial charge in [0.1, 0.15) is 11.5 Å². The molecule has 0 saturated heterocycles. The Morgan fingerprint density at radius 1 is 1.19 bits per heavy atom. The van der Waals surface area contributed by atoms with Crippen molar-refractivity contribution in [1.29, 1.82) is 0 Å². The van der Waals surface area contributed by atoms with Gasteiger partial charge in [-0.3, -0.25) is 14.8 Å². The van der Waals surface area contributed by atoms with Crippen molar-refractivity contribution in [3.8, 4) is 11.3 Å². The van der Waals surface area contributed by atoms with Crippen molar-refractivity contribution in [2.24, 2.45) is 7.05 Å². The molecule has 0 aliphatic carbocycles. The molecule has 0 atom stereocenters. The predicted octanol–water partition coefficient (Wildman–Crippen LogP) is 2.82. The Morgan fingerprint density at radius 2 is 2.04 bits per heavy atom. The van der Waals surface area contributed by atoms with E-state index in [0.717, 1.165) is 10.9 Å². The molecule has 0 unspecified atom stereocenters. The van der Waals surface area contributed by atoms with Crippen LogP contribution in [-0.4, -0.2) is 30.9 Å². The lowest BCUT2D eigenvalue weighted by Crippen LogP contribution is -2.15. The van der Waals surface area contributed by atoms with Crippen molar-refractivity contribution in [2.45, 2.75) is 0 Å². The molecule has 0 saturated carbocycles. The number of nitrogens with zero attached hydrogens (tertiary/aromatic N) is 5. The fraction of sp³-hybridized carbons (Fsp3) is 0.0556. The maximum atomic E-state index is 13.7. The number of anilines is 1. The van der Waals surface area contributed by atoms with E-state index < -0.39 is 11.7 Å². The molecule has 0 fully saturated rings. The molecule has 26 heavy (non-hydrogen) atoms. The molecular formula is C18H13FN6O. The van der Waals surface area contributed by atoms with Gasteiger partial charge in [-0.1, -0.05) is 29.5 Å². The van der Waals surface area contributed by atoms with Crippen molar-refractivity contribution in [2.75, 3.05) is 5.32 Å². The normalized spacial score (nSPS) is 10.8. The summed E-state index contributed by atoms with van der Waals surface area (Å²) in [5.41, 5.74) is 2.12. The third-order valence-corrected chi connectivity index (χ3v) is 3.82. The van der Waals surface area contributed by atoms with E-state index in [-0.39, 0.29) is 11.5 Å². The molecule has 0 radical (unpaired) electrons. The number of aromatic nitrogens is 5. The number of fused-ring (bicyclic) bond motifs is 1. The first-order valence-electron chi connectivity index (χ1n) is 7.79. The van der Waals surface area contributed by atoms with Crippen molar-refractivity contribution < 1.29 is 9.18 Å². The summed E-state index contributed by atoms with van der Waals surface area (Å²) < 4.78 is 15.3. The fourth-order valence-electron chi connectivity index (χ4n) is 2.54. The Morgan fingerprint density at radius 3 is 2.81 bits per heavy atom. The summed E-state index contributed by atoms with van der Waals surface area (Å²) >= 11 is 0. The van der Waals surface area contributed by atoms with Gasteiger partial charge in [-0.15, -0.1) is 5.10 Å². The van der Waals surface area contributed by atoms with Crippen LogP contribution in [0.2, 0.25) is 0 Å². The number of amides is 1. The first kappa shape index (κ1) is 15.8. The fourth-order valence-corrected chi connectivity index (χ4v) is 2.54. The van der Waals surface area contributed by atoms with E-state index in [1.165, 1.54) is 18.2 Å². The second kappa shape index (κ2) is 6.32. The van der Waals surface area contributed by atoms with Crippen LogP contribution in [0, 0.1) is 5.82 Å². The van der Waals surface area contributed by atoms with Gasteiger partial charge in [0.2, 0.25) is 5.95 Å². The van der Waals surface area contributed by atoms with Crippen LogP contribution in [0.3, 0.4) is 0 Å². The number of carbonyl (C=O) groups excluding carboxylic acids is 1. The topological polar surface area (TPSA) is 85.6 Å². The number of nitrogens with one attached hydrogen (secondary N) is 1. The number of hydrogen-bond donors (Lipinski definition) is 1. The van der Waals surface area contributed by atoms with Gasteiger partial charge in [0.25, 0.3) is 5.91 Å². The van der Waals surface area contributed by atoms with Gasteiger partial charge in [0.05, 0.1) is 17.3 Å². The summed E-state index contributed by atoms with van der Waals surface area (Å²) in [6.45, 7) is 0. The molecule has 0 spiro atoms. The van der Waals surface area contributed by atoms with Crippen molar-refractivity contribution in [1.82, 2.24) is 25.0 Å². The summed E-state index contributed by atoms with van der Waals surface area (Å²) in [5.74, 6) is -1.11. The van der Waals surface area contributed by atoms with Crippen LogP contribution in [0.15, 0.2) is 54.9 Å². The van der Waals surface area contributed by atoms with Crippen LogP contribution in [0.4, 0.5) is 10.3 Å². The smallest absolute Gasteiger partial charge is 0.260 e. The first-order chi connectivity index (χ1) is 12.6. The second-order valence-electron chi connectivity index (χ2n) is 5.68. The van der Waals surface area contributed by atoms with E-state index >= 15 is 0 Å². The summed E-state index contributed by atoms with van der Waals surface area (Å²) in [4.78, 5) is 20.7. The van der Waals surface area contributed by atoms with Crippen LogP contribution >= 0.6 is 0 Å². The lowest BCUT2D eigenvalue weighted by Gasteiger charge is -2.06. The Balaban J connectivity index is 1.66. The Hall–Kier alpha value is -3.68. The van der Waals surface area contributed by atoms with E-state index in [1.54, 1.807) is 30.2 Å². The van der Waals surface area contributed by atoms with Gasteiger partial charge in [0, 0.05) is 24.2 Å². The minimum atomic E-state index is -0.604. The van der Waals surface area contributed by atoms with Gasteiger partial charge < -0.3 is 0 Å². The lowest BCUT2D eigenvalue weighted by molar-refractivity contribution is 0.102. The zero-order valence-electron chi connectivity index (χ0n) is 13.7. The molecule has 1 N–H and O–H groups in total. The second-order valence-corrected chi connectivity index (χ2v) is 5.68. The van der Waals surface area contributed by atoms with Crippen LogP contribution in [0.25, 0.3) is 22.2 Å². The van der Waals surface area contributed by atoms with E-state index in [0.29, 0.717) is 11.2 Å². The first-order valence-corrected chi connectivity index (χ1v) is 7.79. The molecule has 1 amide bonds. The molecule has 8 heteroatoms. The molecule has 4 rings (SSSR count). The Kier molecular flexibility index (Phi) is 3.85. The molecule has 2 aromatic carbocycles. The van der Waals surface area contributed by atoms with Gasteiger partial charge in [-0.2, -0.15) is 0 Å². The summed E-state index contributed by atoms with van der Waals surface area (Å²) in [6, 6.07) is 11.3. The molecule has 2 heterocycles. The zero-order valence-corrected chi connectivity index (χ0v) is 13.7. The van der Waals surface area contributed by atoms with Crippen LogP contribution in [0.1, 0.15) is 10.4 Å². The molecule has 4 aromatic rings. The van der Waals surface area contributed by atoms with E-state index in [9.17, 15) is 9.18 Å². The average Bonchev–Trinajstić information content (AvgIpc) is 3.08. The summed E-state index contributed by atoms with van der Waals surface area (Å²) in [6.07, 6.45) is 3.39. The third-order valence-electron chi connectivity index (χ3n) is 3.82. The third kappa shape index (κ3) is 3.00. The zero-order chi connectivity index (χ0) is 18.1. The standard InChI is InChI=1S/C18H13FN6O/c1-25-10-16(23-24-25)11-6-7-12-9-20-18(21-15(12)8-11)22-17(26)13-4-2-3-5-14(13)19/h2-10H,1H3,(H,20,21,22,26). The van der Waals surface area contributed by atoms with Gasteiger partial charge >= 0.3 is 0 Å². The average molecular weight is 348 g/mol. The van der Waals surface area contributed by atoms with Crippen molar-refractivity contribution in [3.63, 3.8) is 0 Å². The van der Waals surface area contributed by atoms with Crippen LogP contribution in [-0.2, 0) is 7.05 Å². The van der Waals surface area contributed by atoms with Crippen molar-refractivity contribution >= 4 is 22.8 Å². The van der Waals surface area contributed by atoms with Crippen LogP contribution in [0.5, 0.6) is 0 Å².